The van der Waals surface area contributed by atoms with Gasteiger partial charge in [-0.15, -0.1) is 35.9 Å². The molecule has 3 aromatic carbocycles. The molecule has 189 valence electrons. The Kier molecular flexibility index (Phi) is 14.5. The first-order chi connectivity index (χ1) is 17.7. The van der Waals surface area contributed by atoms with Crippen LogP contribution >= 0.6 is 0 Å². The summed E-state index contributed by atoms with van der Waals surface area (Å²) in [6.45, 7) is 10.3. The van der Waals surface area contributed by atoms with Gasteiger partial charge in [0.1, 0.15) is 0 Å². The average Bonchev–Trinajstić information content (AvgIpc) is 3.46. The summed E-state index contributed by atoms with van der Waals surface area (Å²) in [7, 11) is 0. The van der Waals surface area contributed by atoms with Crippen LogP contribution in [0.1, 0.15) is 66.6 Å². The molecule has 1 fully saturated rings. The fraction of sp³-hybridized carbons (Fsp3) is 0.235. The fourth-order valence-electron chi connectivity index (χ4n) is 4.10. The Morgan fingerprint density at radius 3 is 1.97 bits per heavy atom. The van der Waals surface area contributed by atoms with Gasteiger partial charge >= 0.3 is 26.2 Å². The zero-order chi connectivity index (χ0) is 25.4. The summed E-state index contributed by atoms with van der Waals surface area (Å²) < 4.78 is 0. The van der Waals surface area contributed by atoms with Crippen molar-refractivity contribution in [1.29, 1.82) is 0 Å². The van der Waals surface area contributed by atoms with E-state index in [2.05, 4.69) is 69.7 Å². The van der Waals surface area contributed by atoms with Gasteiger partial charge in [0.05, 0.1) is 0 Å². The number of pyridine rings is 1. The quantitative estimate of drug-likeness (QED) is 0.214. The maximum atomic E-state index is 4.82. The molecule has 2 nitrogen and oxygen atoms in total. The minimum absolute atomic E-state index is 0. The van der Waals surface area contributed by atoms with E-state index >= 15 is 0 Å². The fourth-order valence-corrected chi connectivity index (χ4v) is 4.10. The normalized spacial score (nSPS) is 13.7. The summed E-state index contributed by atoms with van der Waals surface area (Å²) in [6, 6.07) is 34.6. The van der Waals surface area contributed by atoms with Gasteiger partial charge in [0.15, 0.2) is 0 Å². The number of hydrogen-bond donors (Lipinski definition) is 0. The third-order valence-electron chi connectivity index (χ3n) is 5.99. The monoisotopic (exact) mass is 564 g/mol. The van der Waals surface area contributed by atoms with Gasteiger partial charge < -0.3 is 11.7 Å². The zero-order valence-corrected chi connectivity index (χ0v) is 24.5. The number of nitrogens with zero attached hydrogens (tertiary/aromatic N) is 2. The largest absolute Gasteiger partial charge is 3.00 e. The van der Waals surface area contributed by atoms with Crippen molar-refractivity contribution in [2.24, 2.45) is 0 Å². The van der Waals surface area contributed by atoms with Crippen LogP contribution in [0.2, 0.25) is 0 Å². The molecule has 1 aliphatic carbocycles. The van der Waals surface area contributed by atoms with Gasteiger partial charge in [-0.05, 0) is 18.6 Å². The van der Waals surface area contributed by atoms with Gasteiger partial charge in [0.2, 0.25) is 0 Å². The molecule has 5 rings (SSSR count). The van der Waals surface area contributed by atoms with E-state index in [4.69, 9.17) is 10.3 Å². The second kappa shape index (κ2) is 17.6. The molecular weight excluding hydrogens is 528 g/mol. The third-order valence-corrected chi connectivity index (χ3v) is 5.99. The van der Waals surface area contributed by atoms with Crippen molar-refractivity contribution in [2.45, 2.75) is 51.5 Å². The number of aromatic nitrogens is 1. The van der Waals surface area contributed by atoms with Crippen LogP contribution in [0.25, 0.3) is 5.32 Å². The third kappa shape index (κ3) is 11.4. The van der Waals surface area contributed by atoms with Gasteiger partial charge in [-0.2, -0.15) is 55.7 Å². The van der Waals surface area contributed by atoms with Crippen LogP contribution in [0.3, 0.4) is 0 Å². The van der Waals surface area contributed by atoms with Crippen molar-refractivity contribution in [3.8, 4) is 0 Å². The van der Waals surface area contributed by atoms with Gasteiger partial charge in [0.25, 0.3) is 0 Å². The summed E-state index contributed by atoms with van der Waals surface area (Å²) in [6.07, 6.45) is 8.41. The first-order valence-electron chi connectivity index (χ1n) is 12.9. The summed E-state index contributed by atoms with van der Waals surface area (Å²) >= 11 is 0. The molecule has 0 amide bonds. The summed E-state index contributed by atoms with van der Waals surface area (Å²) in [5.41, 5.74) is 6.88. The molecule has 0 saturated heterocycles. The van der Waals surface area contributed by atoms with Crippen LogP contribution in [0, 0.1) is 20.3 Å². The minimum Gasteiger partial charge on any atom is -0.679 e. The van der Waals surface area contributed by atoms with E-state index in [0.29, 0.717) is 12.5 Å². The maximum absolute atomic E-state index is 4.82. The van der Waals surface area contributed by atoms with Gasteiger partial charge in [-0.25, -0.2) is 0 Å². The summed E-state index contributed by atoms with van der Waals surface area (Å²) in [5, 5.41) is 4.79. The van der Waals surface area contributed by atoms with Crippen LogP contribution < -0.4 is 0 Å². The van der Waals surface area contributed by atoms with Crippen LogP contribution in [-0.4, -0.2) is 4.98 Å². The molecule has 1 aromatic heterocycles. The molecule has 37 heavy (non-hydrogen) atoms. The van der Waals surface area contributed by atoms with Gasteiger partial charge in [0, 0.05) is 11.4 Å². The summed E-state index contributed by atoms with van der Waals surface area (Å²) in [5.74, 6) is 0.548. The van der Waals surface area contributed by atoms with Gasteiger partial charge in [-0.1, -0.05) is 80.8 Å². The molecule has 4 aromatic rings. The number of benzene rings is 3. The standard InChI is InChI=1S/C20H24N2.2C7H7.Zr/c1-2-8-16-9-5-6-13-19(16)21-15-18-12-7-14-20(22-18)17-10-3-4-11-17;2*1-7-5-3-2-4-6-7;/h5-7,9-10,12-14,17H,2-4,8,11,15H2,1H3;2*2-6H,1H2;/q-2;2*-1;+3. The first-order valence-corrected chi connectivity index (χ1v) is 12.9. The molecule has 3 heteroatoms. The molecule has 1 radical (unpaired) electrons. The molecule has 1 aliphatic rings. The molecule has 0 N–H and O–H groups in total. The van der Waals surface area contributed by atoms with E-state index in [1.807, 2.05) is 60.7 Å². The van der Waals surface area contributed by atoms with E-state index in [9.17, 15) is 0 Å². The molecular formula is C34H38N2Zr-. The molecule has 0 aliphatic heterocycles. The van der Waals surface area contributed by atoms with Crippen molar-refractivity contribution in [2.75, 3.05) is 0 Å². The Labute approximate surface area is 244 Å². The Bertz CT molecular complexity index is 1090. The number of aryl methyl sites for hydroxylation is 1. The van der Waals surface area contributed by atoms with Crippen molar-refractivity contribution in [3.05, 3.63) is 157 Å². The maximum Gasteiger partial charge on any atom is 3.00 e. The van der Waals surface area contributed by atoms with E-state index < -0.39 is 0 Å². The van der Waals surface area contributed by atoms with Crippen LogP contribution in [0.4, 0.5) is 5.69 Å². The predicted molar refractivity (Wildman–Crippen MR) is 154 cm³/mol. The second-order valence-electron chi connectivity index (χ2n) is 8.99. The van der Waals surface area contributed by atoms with E-state index in [-0.39, 0.29) is 26.2 Å². The van der Waals surface area contributed by atoms with E-state index in [1.54, 1.807) is 0 Å². The Balaban J connectivity index is 0.000000262. The van der Waals surface area contributed by atoms with Crippen molar-refractivity contribution in [1.82, 2.24) is 4.98 Å². The molecule has 1 unspecified atom stereocenters. The zero-order valence-electron chi connectivity index (χ0n) is 22.0. The molecule has 1 heterocycles. The molecule has 1 atom stereocenters. The number of hydrogen-bond acceptors (Lipinski definition) is 1. The Morgan fingerprint density at radius 1 is 0.811 bits per heavy atom. The SMILES string of the molecule is CCCc1ccccc1[N-]Cc1cccc(C2[CH-]CCC2)n1.[CH2-]c1ccccc1.[CH2-]c1ccccc1.[Zr+3]. The smallest absolute Gasteiger partial charge is 0.679 e. The minimum atomic E-state index is 0. The van der Waals surface area contributed by atoms with Crippen molar-refractivity contribution < 1.29 is 26.2 Å². The molecule has 1 saturated carbocycles. The van der Waals surface area contributed by atoms with Gasteiger partial charge in [-0.3, -0.25) is 4.98 Å². The first kappa shape index (κ1) is 30.5. The van der Waals surface area contributed by atoms with Crippen molar-refractivity contribution >= 4 is 5.69 Å². The Morgan fingerprint density at radius 2 is 1.43 bits per heavy atom. The van der Waals surface area contributed by atoms with Crippen LogP contribution in [0.15, 0.2) is 103 Å². The number of para-hydroxylation sites is 1. The summed E-state index contributed by atoms with van der Waals surface area (Å²) in [4.78, 5) is 4.82. The molecule has 0 spiro atoms. The topological polar surface area (TPSA) is 27.0 Å². The van der Waals surface area contributed by atoms with Crippen LogP contribution in [-0.2, 0) is 39.2 Å². The van der Waals surface area contributed by atoms with E-state index in [0.717, 1.165) is 35.3 Å². The van der Waals surface area contributed by atoms with Crippen LogP contribution in [0.5, 0.6) is 0 Å². The predicted octanol–water partition coefficient (Wildman–Crippen LogP) is 9.45. The van der Waals surface area contributed by atoms with Crippen molar-refractivity contribution in [3.63, 3.8) is 0 Å². The number of rotatable bonds is 6. The average molecular weight is 566 g/mol. The van der Waals surface area contributed by atoms with E-state index in [1.165, 1.54) is 30.5 Å². The Hall–Kier alpha value is -2.77. The second-order valence-corrected chi connectivity index (χ2v) is 8.99. The molecule has 0 bridgehead atoms.